The summed E-state index contributed by atoms with van der Waals surface area (Å²) in [5.74, 6) is 1.35. The van der Waals surface area contributed by atoms with Crippen LogP contribution in [0.2, 0.25) is 0 Å². The van der Waals surface area contributed by atoms with E-state index in [0.717, 1.165) is 43.5 Å². The molecule has 0 N–H and O–H groups in total. The van der Waals surface area contributed by atoms with E-state index in [0.29, 0.717) is 11.5 Å². The highest BCUT2D eigenvalue weighted by molar-refractivity contribution is 5.97. The van der Waals surface area contributed by atoms with E-state index in [1.807, 2.05) is 23.2 Å². The van der Waals surface area contributed by atoms with E-state index in [2.05, 4.69) is 11.1 Å². The molecule has 3 rings (SSSR count). The number of carbonyl (C=O) groups excluding carboxylic acids is 1. The molecule has 1 aliphatic rings. The van der Waals surface area contributed by atoms with E-state index in [4.69, 9.17) is 9.47 Å². The van der Waals surface area contributed by atoms with Gasteiger partial charge in [-0.25, -0.2) is 0 Å². The molecule has 0 bridgehead atoms. The lowest BCUT2D eigenvalue weighted by molar-refractivity contribution is 0.0737. The van der Waals surface area contributed by atoms with Crippen molar-refractivity contribution in [1.29, 1.82) is 0 Å². The fourth-order valence-electron chi connectivity index (χ4n) is 3.09. The molecular weight excluding hydrogens is 304 g/mol. The number of carbonyl (C=O) groups is 1. The molecule has 0 saturated heterocycles. The largest absolute Gasteiger partial charge is 0.493 e. The van der Waals surface area contributed by atoms with E-state index in [1.165, 1.54) is 5.56 Å². The number of hydrogen-bond acceptors (Lipinski definition) is 4. The highest BCUT2D eigenvalue weighted by Gasteiger charge is 2.26. The summed E-state index contributed by atoms with van der Waals surface area (Å²) in [6.07, 6.45) is 6.35. The van der Waals surface area contributed by atoms with Crippen LogP contribution in [0.3, 0.4) is 0 Å². The summed E-state index contributed by atoms with van der Waals surface area (Å²) < 4.78 is 10.6. The molecule has 1 aliphatic heterocycles. The Morgan fingerprint density at radius 3 is 2.71 bits per heavy atom. The number of benzene rings is 1. The fraction of sp³-hybridized carbons (Fsp3) is 0.368. The Morgan fingerprint density at radius 2 is 2.00 bits per heavy atom. The Labute approximate surface area is 142 Å². The lowest BCUT2D eigenvalue weighted by Gasteiger charge is -2.29. The normalized spacial score (nSPS) is 13.6. The average molecular weight is 326 g/mol. The molecule has 2 heterocycles. The summed E-state index contributed by atoms with van der Waals surface area (Å²) in [5.41, 5.74) is 2.95. The first-order valence-electron chi connectivity index (χ1n) is 8.16. The molecular formula is C19H22N2O3. The first-order valence-corrected chi connectivity index (χ1v) is 8.16. The van der Waals surface area contributed by atoms with Gasteiger partial charge in [0.1, 0.15) is 0 Å². The second-order valence-electron chi connectivity index (χ2n) is 5.87. The number of aryl methyl sites for hydroxylation is 1. The van der Waals surface area contributed by atoms with Gasteiger partial charge >= 0.3 is 0 Å². The number of fused-ring (bicyclic) bond motifs is 1. The highest BCUT2D eigenvalue weighted by atomic mass is 16.5. The Morgan fingerprint density at radius 1 is 1.21 bits per heavy atom. The van der Waals surface area contributed by atoms with Crippen molar-refractivity contribution < 1.29 is 14.3 Å². The van der Waals surface area contributed by atoms with Crippen LogP contribution in [0.15, 0.2) is 36.7 Å². The Balaban J connectivity index is 1.68. The molecule has 5 nitrogen and oxygen atoms in total. The van der Waals surface area contributed by atoms with Crippen LogP contribution < -0.4 is 9.47 Å². The van der Waals surface area contributed by atoms with Crippen LogP contribution in [0.5, 0.6) is 11.5 Å². The maximum Gasteiger partial charge on any atom is 0.254 e. The maximum absolute atomic E-state index is 12.7. The smallest absolute Gasteiger partial charge is 0.254 e. The lowest BCUT2D eigenvalue weighted by Crippen LogP contribution is -2.38. The molecule has 1 aromatic heterocycles. The van der Waals surface area contributed by atoms with Crippen molar-refractivity contribution in [3.05, 3.63) is 53.3 Å². The summed E-state index contributed by atoms with van der Waals surface area (Å²) in [6, 6.07) is 7.72. The van der Waals surface area contributed by atoms with Crippen LogP contribution in [-0.2, 0) is 12.8 Å². The molecule has 0 radical (unpaired) electrons. The van der Waals surface area contributed by atoms with Crippen LogP contribution >= 0.6 is 0 Å². The fourth-order valence-corrected chi connectivity index (χ4v) is 3.09. The van der Waals surface area contributed by atoms with Gasteiger partial charge in [-0.05, 0) is 48.6 Å². The summed E-state index contributed by atoms with van der Waals surface area (Å²) in [4.78, 5) is 18.8. The first kappa shape index (κ1) is 16.3. The summed E-state index contributed by atoms with van der Waals surface area (Å²) >= 11 is 0. The number of rotatable bonds is 6. The van der Waals surface area contributed by atoms with Crippen LogP contribution in [0.25, 0.3) is 0 Å². The van der Waals surface area contributed by atoms with Crippen LogP contribution in [0.1, 0.15) is 27.9 Å². The van der Waals surface area contributed by atoms with E-state index in [-0.39, 0.29) is 5.91 Å². The number of methoxy groups -OCH3 is 2. The third kappa shape index (κ3) is 3.35. The first-order chi connectivity index (χ1) is 11.7. The monoisotopic (exact) mass is 326 g/mol. The summed E-state index contributed by atoms with van der Waals surface area (Å²) in [6.45, 7) is 1.50. The van der Waals surface area contributed by atoms with Gasteiger partial charge in [0.05, 0.1) is 14.2 Å². The molecule has 2 aromatic rings. The van der Waals surface area contributed by atoms with E-state index < -0.39 is 0 Å². The van der Waals surface area contributed by atoms with Crippen molar-refractivity contribution in [2.75, 3.05) is 27.3 Å². The molecule has 0 spiro atoms. The van der Waals surface area contributed by atoms with Gasteiger partial charge in [-0.1, -0.05) is 6.07 Å². The Kier molecular flexibility index (Phi) is 4.99. The minimum Gasteiger partial charge on any atom is -0.493 e. The van der Waals surface area contributed by atoms with Crippen molar-refractivity contribution in [3.63, 3.8) is 0 Å². The number of nitrogens with zero attached hydrogens (tertiary/aromatic N) is 2. The van der Waals surface area contributed by atoms with Crippen LogP contribution in [0.4, 0.5) is 0 Å². The minimum absolute atomic E-state index is 0.0726. The minimum atomic E-state index is 0.0726. The van der Waals surface area contributed by atoms with Gasteiger partial charge in [0.15, 0.2) is 11.5 Å². The Hall–Kier alpha value is -2.56. The van der Waals surface area contributed by atoms with E-state index in [1.54, 1.807) is 26.5 Å². The SMILES string of the molecule is COc1cc2c(cc1OC)C(=O)N(CCCc1cccnc1)CC2. The third-order valence-electron chi connectivity index (χ3n) is 4.39. The van der Waals surface area contributed by atoms with E-state index in [9.17, 15) is 4.79 Å². The molecule has 1 aromatic carbocycles. The van der Waals surface area contributed by atoms with Gasteiger partial charge < -0.3 is 14.4 Å². The number of pyridine rings is 1. The van der Waals surface area contributed by atoms with Gasteiger partial charge in [0, 0.05) is 31.0 Å². The molecule has 126 valence electrons. The van der Waals surface area contributed by atoms with Crippen molar-refractivity contribution in [2.45, 2.75) is 19.3 Å². The quantitative estimate of drug-likeness (QED) is 0.819. The zero-order valence-electron chi connectivity index (χ0n) is 14.1. The van der Waals surface area contributed by atoms with Gasteiger partial charge in [0.25, 0.3) is 5.91 Å². The van der Waals surface area contributed by atoms with Crippen molar-refractivity contribution in [2.24, 2.45) is 0 Å². The van der Waals surface area contributed by atoms with Gasteiger partial charge in [-0.2, -0.15) is 0 Å². The Bertz CT molecular complexity index is 716. The van der Waals surface area contributed by atoms with Crippen molar-refractivity contribution in [1.82, 2.24) is 9.88 Å². The summed E-state index contributed by atoms with van der Waals surface area (Å²) in [7, 11) is 3.20. The zero-order valence-corrected chi connectivity index (χ0v) is 14.1. The number of ether oxygens (including phenoxy) is 2. The highest BCUT2D eigenvalue weighted by Crippen LogP contribution is 2.33. The molecule has 0 fully saturated rings. The molecule has 0 unspecified atom stereocenters. The number of aromatic nitrogens is 1. The van der Waals surface area contributed by atoms with Crippen LogP contribution in [0, 0.1) is 0 Å². The lowest BCUT2D eigenvalue weighted by atomic mass is 9.97. The number of hydrogen-bond donors (Lipinski definition) is 0. The average Bonchev–Trinajstić information content (AvgIpc) is 2.63. The predicted octanol–water partition coefficient (Wildman–Crippen LogP) is 2.73. The maximum atomic E-state index is 12.7. The molecule has 0 aliphatic carbocycles. The third-order valence-corrected chi connectivity index (χ3v) is 4.39. The molecule has 1 amide bonds. The van der Waals surface area contributed by atoms with Gasteiger partial charge in [-0.3, -0.25) is 9.78 Å². The molecule has 5 heteroatoms. The molecule has 0 saturated carbocycles. The predicted molar refractivity (Wildman–Crippen MR) is 91.7 cm³/mol. The topological polar surface area (TPSA) is 51.7 Å². The van der Waals surface area contributed by atoms with Crippen LogP contribution in [-0.4, -0.2) is 43.1 Å². The van der Waals surface area contributed by atoms with Gasteiger partial charge in [-0.15, -0.1) is 0 Å². The number of amides is 1. The second kappa shape index (κ2) is 7.34. The van der Waals surface area contributed by atoms with Crippen molar-refractivity contribution in [3.8, 4) is 11.5 Å². The van der Waals surface area contributed by atoms with Gasteiger partial charge in [0.2, 0.25) is 0 Å². The standard InChI is InChI=1S/C19H22N2O3/c1-23-17-11-15-7-10-21(19(22)16(15)12-18(17)24-2)9-4-6-14-5-3-8-20-13-14/h3,5,8,11-13H,4,6-7,9-10H2,1-2H3. The molecule has 0 atom stereocenters. The summed E-state index contributed by atoms with van der Waals surface area (Å²) in [5, 5.41) is 0. The van der Waals surface area contributed by atoms with Crippen molar-refractivity contribution >= 4 is 5.91 Å². The zero-order chi connectivity index (χ0) is 16.9. The molecule has 24 heavy (non-hydrogen) atoms. The second-order valence-corrected chi connectivity index (χ2v) is 5.87. The van der Waals surface area contributed by atoms with E-state index >= 15 is 0 Å².